The SMILES string of the molecule is CC1(C)CCCN(S(=O)(=O)c2ccc(CN)o2)C1. The Morgan fingerprint density at radius 2 is 2.17 bits per heavy atom. The maximum Gasteiger partial charge on any atom is 0.276 e. The van der Waals surface area contributed by atoms with E-state index in [0.29, 0.717) is 18.8 Å². The molecule has 1 aromatic heterocycles. The molecule has 2 heterocycles. The first kappa shape index (κ1) is 13.6. The van der Waals surface area contributed by atoms with Crippen molar-refractivity contribution >= 4 is 10.0 Å². The molecule has 0 bridgehead atoms. The van der Waals surface area contributed by atoms with E-state index in [4.69, 9.17) is 10.2 Å². The standard InChI is InChI=1S/C12H20N2O3S/c1-12(2)6-3-7-14(9-12)18(15,16)11-5-4-10(8-13)17-11/h4-5H,3,6-9,13H2,1-2H3. The summed E-state index contributed by atoms with van der Waals surface area (Å²) in [6, 6.07) is 3.10. The van der Waals surface area contributed by atoms with Crippen LogP contribution in [0, 0.1) is 5.41 Å². The van der Waals surface area contributed by atoms with Crippen LogP contribution in [0.2, 0.25) is 0 Å². The van der Waals surface area contributed by atoms with Crippen molar-refractivity contribution in [3.05, 3.63) is 17.9 Å². The number of rotatable bonds is 3. The zero-order valence-corrected chi connectivity index (χ0v) is 11.7. The van der Waals surface area contributed by atoms with Crippen molar-refractivity contribution in [2.24, 2.45) is 11.1 Å². The molecule has 5 nitrogen and oxygen atoms in total. The second-order valence-corrected chi connectivity index (χ2v) is 7.40. The normalized spacial score (nSPS) is 21.1. The molecule has 0 saturated carbocycles. The lowest BCUT2D eigenvalue weighted by atomic mass is 9.85. The van der Waals surface area contributed by atoms with Gasteiger partial charge < -0.3 is 10.2 Å². The van der Waals surface area contributed by atoms with Gasteiger partial charge in [0, 0.05) is 13.1 Å². The summed E-state index contributed by atoms with van der Waals surface area (Å²) in [4.78, 5) is 0. The van der Waals surface area contributed by atoms with Gasteiger partial charge in [-0.2, -0.15) is 4.31 Å². The van der Waals surface area contributed by atoms with Crippen molar-refractivity contribution in [2.75, 3.05) is 13.1 Å². The van der Waals surface area contributed by atoms with Crippen LogP contribution in [-0.4, -0.2) is 25.8 Å². The third kappa shape index (κ3) is 2.60. The molecule has 18 heavy (non-hydrogen) atoms. The predicted octanol–water partition coefficient (Wildman–Crippen LogP) is 1.55. The van der Waals surface area contributed by atoms with Gasteiger partial charge in [-0.05, 0) is 30.4 Å². The zero-order chi connectivity index (χ0) is 13.4. The highest BCUT2D eigenvalue weighted by atomic mass is 32.2. The number of piperidine rings is 1. The molecule has 6 heteroatoms. The highest BCUT2D eigenvalue weighted by Gasteiger charge is 2.35. The molecule has 102 valence electrons. The van der Waals surface area contributed by atoms with Crippen LogP contribution in [0.5, 0.6) is 0 Å². The summed E-state index contributed by atoms with van der Waals surface area (Å²) in [5.41, 5.74) is 5.45. The number of nitrogens with two attached hydrogens (primary N) is 1. The highest BCUT2D eigenvalue weighted by Crippen LogP contribution is 2.32. The van der Waals surface area contributed by atoms with E-state index >= 15 is 0 Å². The second kappa shape index (κ2) is 4.68. The summed E-state index contributed by atoms with van der Waals surface area (Å²) < 4.78 is 31.6. The van der Waals surface area contributed by atoms with Crippen LogP contribution in [0.4, 0.5) is 0 Å². The molecule has 0 aliphatic carbocycles. The van der Waals surface area contributed by atoms with E-state index in [0.717, 1.165) is 12.8 Å². The summed E-state index contributed by atoms with van der Waals surface area (Å²) in [7, 11) is -3.51. The Balaban J connectivity index is 2.25. The van der Waals surface area contributed by atoms with Gasteiger partial charge in [-0.15, -0.1) is 0 Å². The number of sulfonamides is 1. The first-order valence-corrected chi connectivity index (χ1v) is 7.58. The van der Waals surface area contributed by atoms with E-state index < -0.39 is 10.0 Å². The lowest BCUT2D eigenvalue weighted by Crippen LogP contribution is -2.43. The molecule has 1 aliphatic heterocycles. The Kier molecular flexibility index (Phi) is 3.53. The maximum absolute atomic E-state index is 12.4. The molecule has 0 atom stereocenters. The Morgan fingerprint density at radius 1 is 1.44 bits per heavy atom. The molecule has 2 rings (SSSR count). The summed E-state index contributed by atoms with van der Waals surface area (Å²) in [5.74, 6) is 0.491. The van der Waals surface area contributed by atoms with E-state index in [2.05, 4.69) is 13.8 Å². The van der Waals surface area contributed by atoms with Gasteiger partial charge in [0.25, 0.3) is 10.0 Å². The van der Waals surface area contributed by atoms with Crippen molar-refractivity contribution in [2.45, 2.75) is 38.3 Å². The molecule has 2 N–H and O–H groups in total. The fourth-order valence-electron chi connectivity index (χ4n) is 2.31. The predicted molar refractivity (Wildman–Crippen MR) is 68.4 cm³/mol. The fraction of sp³-hybridized carbons (Fsp3) is 0.667. The monoisotopic (exact) mass is 272 g/mol. The second-order valence-electron chi connectivity index (χ2n) is 5.53. The number of hydrogen-bond donors (Lipinski definition) is 1. The van der Waals surface area contributed by atoms with Gasteiger partial charge in [0.1, 0.15) is 5.76 Å². The van der Waals surface area contributed by atoms with E-state index in [1.54, 1.807) is 6.07 Å². The van der Waals surface area contributed by atoms with Crippen molar-refractivity contribution in [3.8, 4) is 0 Å². The van der Waals surface area contributed by atoms with Crippen LogP contribution in [0.1, 0.15) is 32.4 Å². The maximum atomic E-state index is 12.4. The third-order valence-corrected chi connectivity index (χ3v) is 5.02. The molecule has 0 radical (unpaired) electrons. The molecule has 1 aromatic rings. The van der Waals surface area contributed by atoms with Gasteiger partial charge in [0.2, 0.25) is 5.09 Å². The molecule has 0 amide bonds. The quantitative estimate of drug-likeness (QED) is 0.905. The Labute approximate surface area is 108 Å². The van der Waals surface area contributed by atoms with E-state index in [1.165, 1.54) is 10.4 Å². The molecule has 1 fully saturated rings. The van der Waals surface area contributed by atoms with E-state index in [-0.39, 0.29) is 17.1 Å². The van der Waals surface area contributed by atoms with Gasteiger partial charge in [-0.1, -0.05) is 13.8 Å². The number of hydrogen-bond acceptors (Lipinski definition) is 4. The molecule has 0 aromatic carbocycles. The third-order valence-electron chi connectivity index (χ3n) is 3.30. The van der Waals surface area contributed by atoms with Crippen molar-refractivity contribution < 1.29 is 12.8 Å². The summed E-state index contributed by atoms with van der Waals surface area (Å²) >= 11 is 0. The Bertz CT molecular complexity index is 519. The van der Waals surface area contributed by atoms with Gasteiger partial charge in [-0.3, -0.25) is 0 Å². The average molecular weight is 272 g/mol. The van der Waals surface area contributed by atoms with Crippen LogP contribution in [-0.2, 0) is 16.6 Å². The van der Waals surface area contributed by atoms with Gasteiger partial charge in [0.05, 0.1) is 6.54 Å². The lowest BCUT2D eigenvalue weighted by Gasteiger charge is -2.36. The molecular formula is C12H20N2O3S. The number of furan rings is 1. The van der Waals surface area contributed by atoms with E-state index in [1.807, 2.05) is 0 Å². The Hall–Kier alpha value is -0.850. The molecule has 1 saturated heterocycles. The zero-order valence-electron chi connectivity index (χ0n) is 10.8. The van der Waals surface area contributed by atoms with Crippen LogP contribution >= 0.6 is 0 Å². The van der Waals surface area contributed by atoms with Crippen molar-refractivity contribution in [1.82, 2.24) is 4.31 Å². The lowest BCUT2D eigenvalue weighted by molar-refractivity contribution is 0.184. The summed E-state index contributed by atoms with van der Waals surface area (Å²) in [6.45, 7) is 5.48. The first-order chi connectivity index (χ1) is 8.35. The van der Waals surface area contributed by atoms with Crippen LogP contribution in [0.25, 0.3) is 0 Å². The van der Waals surface area contributed by atoms with Crippen molar-refractivity contribution in [1.29, 1.82) is 0 Å². The minimum atomic E-state index is -3.51. The highest BCUT2D eigenvalue weighted by molar-refractivity contribution is 7.89. The average Bonchev–Trinajstić information content (AvgIpc) is 2.76. The fourth-order valence-corrected chi connectivity index (χ4v) is 3.90. The topological polar surface area (TPSA) is 76.5 Å². The van der Waals surface area contributed by atoms with E-state index in [9.17, 15) is 8.42 Å². The first-order valence-electron chi connectivity index (χ1n) is 6.14. The van der Waals surface area contributed by atoms with Gasteiger partial charge in [0.15, 0.2) is 0 Å². The van der Waals surface area contributed by atoms with Crippen molar-refractivity contribution in [3.63, 3.8) is 0 Å². The number of nitrogens with zero attached hydrogens (tertiary/aromatic N) is 1. The summed E-state index contributed by atoms with van der Waals surface area (Å²) in [6.07, 6.45) is 1.93. The van der Waals surface area contributed by atoms with Gasteiger partial charge in [-0.25, -0.2) is 8.42 Å². The van der Waals surface area contributed by atoms with Crippen LogP contribution in [0.3, 0.4) is 0 Å². The molecular weight excluding hydrogens is 252 g/mol. The smallest absolute Gasteiger partial charge is 0.276 e. The van der Waals surface area contributed by atoms with Gasteiger partial charge >= 0.3 is 0 Å². The molecule has 0 spiro atoms. The minimum absolute atomic E-state index is 0.000602. The van der Waals surface area contributed by atoms with Crippen LogP contribution in [0.15, 0.2) is 21.6 Å². The molecule has 1 aliphatic rings. The summed E-state index contributed by atoms with van der Waals surface area (Å²) in [5, 5.41) is 0.000602. The Morgan fingerprint density at radius 3 is 2.72 bits per heavy atom. The van der Waals surface area contributed by atoms with Crippen LogP contribution < -0.4 is 5.73 Å². The minimum Gasteiger partial charge on any atom is -0.447 e. The largest absolute Gasteiger partial charge is 0.447 e. The molecule has 0 unspecified atom stereocenters.